The van der Waals surface area contributed by atoms with Crippen LogP contribution in [0.25, 0.3) is 10.8 Å². The summed E-state index contributed by atoms with van der Waals surface area (Å²) >= 11 is 0. The van der Waals surface area contributed by atoms with Gasteiger partial charge in [-0.1, -0.05) is 48.5 Å². The van der Waals surface area contributed by atoms with Crippen LogP contribution in [-0.4, -0.2) is 11.0 Å². The van der Waals surface area contributed by atoms with Crippen molar-refractivity contribution in [2.24, 2.45) is 0 Å². The molecule has 1 atom stereocenters. The van der Waals surface area contributed by atoms with E-state index in [0.29, 0.717) is 6.42 Å². The van der Waals surface area contributed by atoms with Crippen molar-refractivity contribution in [3.05, 3.63) is 71.8 Å². The molecule has 22 heavy (non-hydrogen) atoms. The van der Waals surface area contributed by atoms with E-state index in [9.17, 15) is 9.90 Å². The lowest BCUT2D eigenvalue weighted by atomic mass is 9.83. The molecular formula is C19H15NO2. The van der Waals surface area contributed by atoms with Crippen LogP contribution in [0, 0.1) is 0 Å². The van der Waals surface area contributed by atoms with E-state index in [-0.39, 0.29) is 17.6 Å². The molecule has 0 saturated heterocycles. The molecule has 0 unspecified atom stereocenters. The second-order valence-corrected chi connectivity index (χ2v) is 5.65. The molecule has 1 aliphatic rings. The summed E-state index contributed by atoms with van der Waals surface area (Å²) in [5.74, 6) is 0.290. The molecule has 1 heterocycles. The number of phenolic OH excluding ortho intramolecular Hbond substituents is 1. The normalized spacial score (nSPS) is 17.1. The Balaban J connectivity index is 1.92. The highest BCUT2D eigenvalue weighted by Gasteiger charge is 2.27. The van der Waals surface area contributed by atoms with Gasteiger partial charge in [-0.25, -0.2) is 0 Å². The number of phenols is 1. The minimum absolute atomic E-state index is 0.0222. The Kier molecular flexibility index (Phi) is 2.86. The summed E-state index contributed by atoms with van der Waals surface area (Å²) < 4.78 is 0. The Bertz CT molecular complexity index is 868. The van der Waals surface area contributed by atoms with Crippen molar-refractivity contribution in [1.82, 2.24) is 0 Å². The van der Waals surface area contributed by atoms with Crippen LogP contribution in [0.2, 0.25) is 0 Å². The Labute approximate surface area is 128 Å². The highest BCUT2D eigenvalue weighted by atomic mass is 16.3. The van der Waals surface area contributed by atoms with E-state index in [0.717, 1.165) is 27.6 Å². The number of nitrogens with one attached hydrogen (secondary N) is 1. The number of carbonyl (C=O) groups excluding carboxylic acids is 1. The maximum absolute atomic E-state index is 12.2. The molecular weight excluding hydrogens is 274 g/mol. The molecule has 0 saturated carbocycles. The van der Waals surface area contributed by atoms with E-state index < -0.39 is 0 Å². The van der Waals surface area contributed by atoms with Crippen LogP contribution >= 0.6 is 0 Å². The molecule has 3 aromatic carbocycles. The third kappa shape index (κ3) is 2.02. The minimum atomic E-state index is 0.0222. The molecule has 4 rings (SSSR count). The van der Waals surface area contributed by atoms with Gasteiger partial charge in [0, 0.05) is 17.7 Å². The third-order valence-electron chi connectivity index (χ3n) is 4.29. The number of hydrogen-bond acceptors (Lipinski definition) is 2. The highest BCUT2D eigenvalue weighted by Crippen LogP contribution is 2.41. The zero-order chi connectivity index (χ0) is 15.1. The first kappa shape index (κ1) is 12.9. The van der Waals surface area contributed by atoms with Crippen LogP contribution in [0.3, 0.4) is 0 Å². The topological polar surface area (TPSA) is 49.3 Å². The largest absolute Gasteiger partial charge is 0.508 e. The molecule has 108 valence electrons. The quantitative estimate of drug-likeness (QED) is 0.711. The van der Waals surface area contributed by atoms with Gasteiger partial charge >= 0.3 is 0 Å². The van der Waals surface area contributed by atoms with Crippen molar-refractivity contribution in [3.8, 4) is 5.75 Å². The smallest absolute Gasteiger partial charge is 0.225 e. The summed E-state index contributed by atoms with van der Waals surface area (Å²) in [4.78, 5) is 12.2. The summed E-state index contributed by atoms with van der Waals surface area (Å²) in [6.07, 6.45) is 0.427. The van der Waals surface area contributed by atoms with Gasteiger partial charge in [0.25, 0.3) is 0 Å². The Morgan fingerprint density at radius 3 is 2.55 bits per heavy atom. The van der Waals surface area contributed by atoms with Crippen molar-refractivity contribution >= 4 is 22.4 Å². The number of fused-ring (bicyclic) bond motifs is 3. The SMILES string of the molecule is O=C1C[C@@H](c2ccc(O)cc2)c2ccc3ccccc3c2N1. The van der Waals surface area contributed by atoms with Crippen molar-refractivity contribution < 1.29 is 9.90 Å². The first-order valence-electron chi connectivity index (χ1n) is 7.33. The third-order valence-corrected chi connectivity index (χ3v) is 4.29. The number of aromatic hydroxyl groups is 1. The summed E-state index contributed by atoms with van der Waals surface area (Å²) in [6, 6.07) is 19.4. The maximum atomic E-state index is 12.2. The second kappa shape index (κ2) is 4.88. The lowest BCUT2D eigenvalue weighted by Gasteiger charge is -2.27. The van der Waals surface area contributed by atoms with Crippen molar-refractivity contribution in [2.75, 3.05) is 5.32 Å². The van der Waals surface area contributed by atoms with Gasteiger partial charge in [0.05, 0.1) is 5.69 Å². The fourth-order valence-corrected chi connectivity index (χ4v) is 3.21. The molecule has 0 bridgehead atoms. The van der Waals surface area contributed by atoms with Crippen molar-refractivity contribution in [2.45, 2.75) is 12.3 Å². The van der Waals surface area contributed by atoms with E-state index >= 15 is 0 Å². The van der Waals surface area contributed by atoms with Crippen LogP contribution in [0.15, 0.2) is 60.7 Å². The van der Waals surface area contributed by atoms with Gasteiger partial charge in [-0.05, 0) is 28.6 Å². The lowest BCUT2D eigenvalue weighted by molar-refractivity contribution is -0.116. The summed E-state index contributed by atoms with van der Waals surface area (Å²) in [6.45, 7) is 0. The standard InChI is InChI=1S/C19H15NO2/c21-14-8-5-13(6-9-14)17-11-18(22)20-19-15-4-2-1-3-12(15)7-10-16(17)19/h1-10,17,21H,11H2,(H,20,22)/t17-/m0/s1. The fourth-order valence-electron chi connectivity index (χ4n) is 3.21. The maximum Gasteiger partial charge on any atom is 0.225 e. The second-order valence-electron chi connectivity index (χ2n) is 5.65. The Morgan fingerprint density at radius 2 is 1.73 bits per heavy atom. The van der Waals surface area contributed by atoms with Crippen LogP contribution in [0.4, 0.5) is 5.69 Å². The van der Waals surface area contributed by atoms with E-state index in [1.165, 1.54) is 0 Å². The number of benzene rings is 3. The van der Waals surface area contributed by atoms with Gasteiger partial charge in [0.15, 0.2) is 0 Å². The van der Waals surface area contributed by atoms with E-state index in [2.05, 4.69) is 17.4 Å². The summed E-state index contributed by atoms with van der Waals surface area (Å²) in [7, 11) is 0. The minimum Gasteiger partial charge on any atom is -0.508 e. The molecule has 0 fully saturated rings. The zero-order valence-electron chi connectivity index (χ0n) is 11.9. The van der Waals surface area contributed by atoms with Gasteiger partial charge < -0.3 is 10.4 Å². The molecule has 3 nitrogen and oxygen atoms in total. The van der Waals surface area contributed by atoms with Gasteiger partial charge in [-0.3, -0.25) is 4.79 Å². The van der Waals surface area contributed by atoms with Crippen molar-refractivity contribution in [3.63, 3.8) is 0 Å². The van der Waals surface area contributed by atoms with Crippen molar-refractivity contribution in [1.29, 1.82) is 0 Å². The molecule has 1 aliphatic heterocycles. The number of rotatable bonds is 1. The van der Waals surface area contributed by atoms with Crippen LogP contribution in [-0.2, 0) is 4.79 Å². The number of amides is 1. The monoisotopic (exact) mass is 289 g/mol. The fraction of sp³-hybridized carbons (Fsp3) is 0.105. The number of hydrogen-bond donors (Lipinski definition) is 2. The zero-order valence-corrected chi connectivity index (χ0v) is 11.9. The lowest BCUT2D eigenvalue weighted by Crippen LogP contribution is -2.23. The first-order chi connectivity index (χ1) is 10.7. The van der Waals surface area contributed by atoms with E-state index in [4.69, 9.17) is 0 Å². The predicted octanol–water partition coefficient (Wildman–Crippen LogP) is 4.02. The number of anilines is 1. The summed E-state index contributed by atoms with van der Waals surface area (Å²) in [5.41, 5.74) is 3.08. The molecule has 0 aromatic heterocycles. The molecule has 3 aromatic rings. The van der Waals surface area contributed by atoms with E-state index in [1.54, 1.807) is 12.1 Å². The summed E-state index contributed by atoms with van der Waals surface area (Å²) in [5, 5.41) is 14.7. The number of carbonyl (C=O) groups is 1. The highest BCUT2D eigenvalue weighted by molar-refractivity contribution is 6.06. The molecule has 1 amide bonds. The molecule has 3 heteroatoms. The molecule has 0 radical (unpaired) electrons. The van der Waals surface area contributed by atoms with Crippen LogP contribution in [0.1, 0.15) is 23.5 Å². The Morgan fingerprint density at radius 1 is 0.955 bits per heavy atom. The molecule has 0 aliphatic carbocycles. The van der Waals surface area contributed by atoms with Crippen LogP contribution in [0.5, 0.6) is 5.75 Å². The predicted molar refractivity (Wildman–Crippen MR) is 87.1 cm³/mol. The average molecular weight is 289 g/mol. The average Bonchev–Trinajstić information content (AvgIpc) is 2.55. The molecule has 2 N–H and O–H groups in total. The van der Waals surface area contributed by atoms with Gasteiger partial charge in [0.2, 0.25) is 5.91 Å². The van der Waals surface area contributed by atoms with Gasteiger partial charge in [-0.15, -0.1) is 0 Å². The van der Waals surface area contributed by atoms with Gasteiger partial charge in [0.1, 0.15) is 5.75 Å². The molecule has 0 spiro atoms. The van der Waals surface area contributed by atoms with E-state index in [1.807, 2.05) is 36.4 Å². The first-order valence-corrected chi connectivity index (χ1v) is 7.33. The van der Waals surface area contributed by atoms with Crippen LogP contribution < -0.4 is 5.32 Å². The van der Waals surface area contributed by atoms with Gasteiger partial charge in [-0.2, -0.15) is 0 Å². The Hall–Kier alpha value is -2.81.